The molecule has 2 fully saturated rings. The molecule has 3 unspecified atom stereocenters. The van der Waals surface area contributed by atoms with Crippen LogP contribution in [0.1, 0.15) is 24.8 Å². The molecule has 1 saturated carbocycles. The summed E-state index contributed by atoms with van der Waals surface area (Å²) in [5.74, 6) is -0.0941. The monoisotopic (exact) mass is 258 g/mol. The molecule has 1 aliphatic carbocycles. The van der Waals surface area contributed by atoms with Crippen molar-refractivity contribution >= 4 is 5.97 Å². The van der Waals surface area contributed by atoms with E-state index in [-0.39, 0.29) is 11.9 Å². The maximum absolute atomic E-state index is 11.8. The maximum Gasteiger partial charge on any atom is 0.313 e. The van der Waals surface area contributed by atoms with Crippen LogP contribution in [0.25, 0.3) is 0 Å². The lowest BCUT2D eigenvalue weighted by Gasteiger charge is -2.15. The van der Waals surface area contributed by atoms with Gasteiger partial charge in [-0.25, -0.2) is 0 Å². The third-order valence-electron chi connectivity index (χ3n) is 3.81. The largest absolute Gasteiger partial charge is 0.435 e. The number of fused-ring (bicyclic) bond motifs is 1. The van der Waals surface area contributed by atoms with E-state index in [1.54, 1.807) is 0 Å². The summed E-state index contributed by atoms with van der Waals surface area (Å²) in [6, 6.07) is 10.1. The number of rotatable bonds is 4. The Labute approximate surface area is 113 Å². The first-order valence-corrected chi connectivity index (χ1v) is 6.88. The summed E-state index contributed by atoms with van der Waals surface area (Å²) in [4.78, 5) is 11.8. The van der Waals surface area contributed by atoms with Crippen molar-refractivity contribution < 1.29 is 14.3 Å². The molecule has 3 heteroatoms. The van der Waals surface area contributed by atoms with Gasteiger partial charge in [0.15, 0.2) is 0 Å². The Morgan fingerprint density at radius 2 is 2.11 bits per heavy atom. The van der Waals surface area contributed by atoms with Crippen LogP contribution in [-0.2, 0) is 20.7 Å². The molecule has 0 aromatic heterocycles. The van der Waals surface area contributed by atoms with Crippen LogP contribution < -0.4 is 0 Å². The summed E-state index contributed by atoms with van der Waals surface area (Å²) < 4.78 is 10.6. The van der Waals surface area contributed by atoms with E-state index in [4.69, 9.17) is 9.47 Å². The van der Waals surface area contributed by atoms with E-state index in [0.717, 1.165) is 25.7 Å². The Kier molecular flexibility index (Phi) is 3.65. The van der Waals surface area contributed by atoms with Crippen molar-refractivity contribution in [1.29, 1.82) is 0 Å². The molecule has 1 saturated heterocycles. The van der Waals surface area contributed by atoms with Crippen LogP contribution in [0.3, 0.4) is 0 Å². The quantitative estimate of drug-likeness (QED) is 0.473. The van der Waals surface area contributed by atoms with Crippen molar-refractivity contribution in [2.24, 2.45) is 5.92 Å². The van der Waals surface area contributed by atoms with Crippen LogP contribution in [0.2, 0.25) is 0 Å². The van der Waals surface area contributed by atoms with Gasteiger partial charge in [-0.15, -0.1) is 0 Å². The first kappa shape index (κ1) is 12.4. The lowest BCUT2D eigenvalue weighted by atomic mass is 9.89. The summed E-state index contributed by atoms with van der Waals surface area (Å²) in [5, 5.41) is 0. The molecule has 19 heavy (non-hydrogen) atoms. The zero-order valence-electron chi connectivity index (χ0n) is 10.8. The van der Waals surface area contributed by atoms with Gasteiger partial charge >= 0.3 is 5.97 Å². The second-order valence-corrected chi connectivity index (χ2v) is 5.22. The van der Waals surface area contributed by atoms with Crippen LogP contribution in [0.4, 0.5) is 0 Å². The van der Waals surface area contributed by atoms with Gasteiger partial charge in [0.2, 0.25) is 0 Å². The molecule has 0 N–H and O–H groups in total. The first-order chi connectivity index (χ1) is 9.33. The van der Waals surface area contributed by atoms with Gasteiger partial charge in [0, 0.05) is 0 Å². The number of allylic oxidation sites excluding steroid dienone is 1. The molecule has 0 amide bonds. The molecule has 3 nitrogen and oxygen atoms in total. The molecular formula is C16H18O3. The van der Waals surface area contributed by atoms with Gasteiger partial charge < -0.3 is 9.47 Å². The Morgan fingerprint density at radius 1 is 1.26 bits per heavy atom. The fraction of sp³-hybridized carbons (Fsp3) is 0.438. The molecule has 0 radical (unpaired) electrons. The van der Waals surface area contributed by atoms with Gasteiger partial charge in [-0.2, -0.15) is 0 Å². The van der Waals surface area contributed by atoms with Gasteiger partial charge in [0.1, 0.15) is 0 Å². The second kappa shape index (κ2) is 5.57. The van der Waals surface area contributed by atoms with Gasteiger partial charge in [-0.1, -0.05) is 30.3 Å². The van der Waals surface area contributed by atoms with Crippen LogP contribution in [0.15, 0.2) is 42.7 Å². The summed E-state index contributed by atoms with van der Waals surface area (Å²) in [7, 11) is 0. The van der Waals surface area contributed by atoms with E-state index >= 15 is 0 Å². The highest BCUT2D eigenvalue weighted by Crippen LogP contribution is 2.39. The summed E-state index contributed by atoms with van der Waals surface area (Å²) in [6.07, 6.45) is 7.66. The van der Waals surface area contributed by atoms with Crippen molar-refractivity contribution in [3.05, 3.63) is 48.2 Å². The standard InChI is InChI=1S/C16H18O3/c17-16(13-8-9-14-15(11-13)19-14)18-10-4-7-12-5-2-1-3-6-12/h1-6,10,13-15H,7-9,11H2. The predicted molar refractivity (Wildman–Crippen MR) is 71.4 cm³/mol. The van der Waals surface area contributed by atoms with Crippen LogP contribution >= 0.6 is 0 Å². The second-order valence-electron chi connectivity index (χ2n) is 5.22. The molecule has 1 aliphatic heterocycles. The highest BCUT2D eigenvalue weighted by Gasteiger charge is 2.46. The highest BCUT2D eigenvalue weighted by molar-refractivity contribution is 5.73. The smallest absolute Gasteiger partial charge is 0.313 e. The van der Waals surface area contributed by atoms with Gasteiger partial charge in [-0.05, 0) is 37.3 Å². The molecule has 3 atom stereocenters. The number of hydrogen-bond acceptors (Lipinski definition) is 3. The van der Waals surface area contributed by atoms with Gasteiger partial charge in [0.25, 0.3) is 0 Å². The topological polar surface area (TPSA) is 38.8 Å². The van der Waals surface area contributed by atoms with E-state index < -0.39 is 0 Å². The third kappa shape index (κ3) is 3.24. The molecule has 0 bridgehead atoms. The minimum atomic E-state index is -0.113. The normalized spacial score (nSPS) is 28.9. The van der Waals surface area contributed by atoms with Crippen molar-refractivity contribution in [2.45, 2.75) is 37.9 Å². The summed E-state index contributed by atoms with van der Waals surface area (Å²) in [6.45, 7) is 0. The minimum absolute atomic E-state index is 0.0186. The van der Waals surface area contributed by atoms with Gasteiger partial charge in [-0.3, -0.25) is 4.79 Å². The number of ether oxygens (including phenoxy) is 2. The molecule has 1 aromatic rings. The molecule has 100 valence electrons. The zero-order valence-corrected chi connectivity index (χ0v) is 10.8. The number of epoxide rings is 1. The Bertz CT molecular complexity index is 466. The van der Waals surface area contributed by atoms with E-state index in [1.807, 2.05) is 24.3 Å². The number of carbonyl (C=O) groups excluding carboxylic acids is 1. The third-order valence-corrected chi connectivity index (χ3v) is 3.81. The van der Waals surface area contributed by atoms with Crippen LogP contribution in [0, 0.1) is 5.92 Å². The van der Waals surface area contributed by atoms with E-state index in [2.05, 4.69) is 12.1 Å². The predicted octanol–water partition coefficient (Wildman–Crippen LogP) is 2.85. The first-order valence-electron chi connectivity index (χ1n) is 6.88. The van der Waals surface area contributed by atoms with Gasteiger partial charge in [0.05, 0.1) is 24.4 Å². The Balaban J connectivity index is 1.42. The fourth-order valence-corrected chi connectivity index (χ4v) is 2.63. The van der Waals surface area contributed by atoms with E-state index in [0.29, 0.717) is 12.2 Å². The van der Waals surface area contributed by atoms with Crippen LogP contribution in [-0.4, -0.2) is 18.2 Å². The van der Waals surface area contributed by atoms with Crippen molar-refractivity contribution in [3.8, 4) is 0 Å². The minimum Gasteiger partial charge on any atom is -0.435 e. The lowest BCUT2D eigenvalue weighted by Crippen LogP contribution is -2.22. The lowest BCUT2D eigenvalue weighted by molar-refractivity contribution is -0.143. The molecule has 1 heterocycles. The van der Waals surface area contributed by atoms with Crippen molar-refractivity contribution in [1.82, 2.24) is 0 Å². The number of esters is 1. The fourth-order valence-electron chi connectivity index (χ4n) is 2.63. The molecule has 2 aliphatic rings. The van der Waals surface area contributed by atoms with E-state index in [9.17, 15) is 4.79 Å². The Morgan fingerprint density at radius 3 is 2.89 bits per heavy atom. The molecule has 0 spiro atoms. The molecule has 1 aromatic carbocycles. The summed E-state index contributed by atoms with van der Waals surface area (Å²) >= 11 is 0. The average molecular weight is 258 g/mol. The molecule has 3 rings (SSSR count). The number of hydrogen-bond donors (Lipinski definition) is 0. The number of carbonyl (C=O) groups is 1. The average Bonchev–Trinajstić information content (AvgIpc) is 3.23. The maximum atomic E-state index is 11.8. The van der Waals surface area contributed by atoms with Crippen molar-refractivity contribution in [2.75, 3.05) is 0 Å². The number of benzene rings is 1. The zero-order chi connectivity index (χ0) is 13.1. The Hall–Kier alpha value is -1.61. The van der Waals surface area contributed by atoms with Crippen LogP contribution in [0.5, 0.6) is 0 Å². The van der Waals surface area contributed by atoms with E-state index in [1.165, 1.54) is 11.8 Å². The summed E-state index contributed by atoms with van der Waals surface area (Å²) in [5.41, 5.74) is 1.21. The SMILES string of the molecule is O=C(OC=CCc1ccccc1)C1CCC2OC2C1. The molecular weight excluding hydrogens is 240 g/mol. The van der Waals surface area contributed by atoms with Crippen molar-refractivity contribution in [3.63, 3.8) is 0 Å². The highest BCUT2D eigenvalue weighted by atomic mass is 16.6.